The minimum atomic E-state index is -0.0818. The molecule has 5 heteroatoms. The summed E-state index contributed by atoms with van der Waals surface area (Å²) < 4.78 is 0. The van der Waals surface area contributed by atoms with E-state index in [9.17, 15) is 9.59 Å². The molecule has 1 aliphatic rings. The molecule has 1 unspecified atom stereocenters. The number of hydrogen-bond donors (Lipinski definition) is 2. The number of nitrogens with zero attached hydrogens (tertiary/aromatic N) is 1. The third-order valence-electron chi connectivity index (χ3n) is 3.31. The largest absolute Gasteiger partial charge is 0.355 e. The van der Waals surface area contributed by atoms with E-state index in [1.807, 2.05) is 20.8 Å². The summed E-state index contributed by atoms with van der Waals surface area (Å²) in [5, 5.41) is 5.88. The third-order valence-corrected chi connectivity index (χ3v) is 3.31. The Morgan fingerprint density at radius 1 is 1.41 bits per heavy atom. The number of nitrogens with one attached hydrogen (secondary N) is 2. The van der Waals surface area contributed by atoms with Crippen molar-refractivity contribution in [1.29, 1.82) is 0 Å². The third kappa shape index (κ3) is 3.70. The van der Waals surface area contributed by atoms with Crippen LogP contribution in [0, 0.1) is 11.8 Å². The number of hydrogen-bond acceptors (Lipinski definition) is 3. The van der Waals surface area contributed by atoms with Gasteiger partial charge < -0.3 is 15.5 Å². The van der Waals surface area contributed by atoms with Crippen molar-refractivity contribution in [3.05, 3.63) is 0 Å². The van der Waals surface area contributed by atoms with Gasteiger partial charge in [0.05, 0.1) is 6.54 Å². The normalized spacial score (nSPS) is 17.1. The molecule has 1 atom stereocenters. The van der Waals surface area contributed by atoms with Crippen molar-refractivity contribution in [2.24, 2.45) is 11.8 Å². The summed E-state index contributed by atoms with van der Waals surface area (Å²) in [6.45, 7) is 8.91. The first-order valence-corrected chi connectivity index (χ1v) is 6.36. The number of carbonyl (C=O) groups is 2. The molecule has 1 aliphatic heterocycles. The molecule has 0 spiro atoms. The Kier molecular flexibility index (Phi) is 5.41. The van der Waals surface area contributed by atoms with Gasteiger partial charge in [0.15, 0.2) is 0 Å². The van der Waals surface area contributed by atoms with Crippen LogP contribution in [-0.4, -0.2) is 49.4 Å². The zero-order chi connectivity index (χ0) is 12.8. The average Bonchev–Trinajstić information content (AvgIpc) is 2.22. The van der Waals surface area contributed by atoms with Crippen molar-refractivity contribution in [3.8, 4) is 0 Å². The zero-order valence-electron chi connectivity index (χ0n) is 11.0. The molecule has 0 saturated carbocycles. The molecule has 0 radical (unpaired) electrons. The van der Waals surface area contributed by atoms with Gasteiger partial charge in [0.1, 0.15) is 0 Å². The van der Waals surface area contributed by atoms with E-state index in [0.29, 0.717) is 19.0 Å². The highest BCUT2D eigenvalue weighted by molar-refractivity contribution is 5.85. The second-order valence-corrected chi connectivity index (χ2v) is 4.51. The highest BCUT2D eigenvalue weighted by atomic mass is 16.2. The standard InChI is InChI=1S/C12H23N3O2/c1-4-14-11(16)8-15(5-2)12(17)9(3)10-6-13-7-10/h9-10,13H,4-8H2,1-3H3,(H,14,16). The van der Waals surface area contributed by atoms with E-state index >= 15 is 0 Å². The lowest BCUT2D eigenvalue weighted by Crippen LogP contribution is -2.51. The van der Waals surface area contributed by atoms with Crippen LogP contribution in [0.25, 0.3) is 0 Å². The van der Waals surface area contributed by atoms with Crippen molar-refractivity contribution in [3.63, 3.8) is 0 Å². The van der Waals surface area contributed by atoms with E-state index in [1.165, 1.54) is 0 Å². The fourth-order valence-electron chi connectivity index (χ4n) is 1.93. The summed E-state index contributed by atoms with van der Waals surface area (Å²) in [4.78, 5) is 25.3. The molecule has 1 heterocycles. The smallest absolute Gasteiger partial charge is 0.239 e. The molecule has 1 saturated heterocycles. The average molecular weight is 241 g/mol. The second kappa shape index (κ2) is 6.59. The highest BCUT2D eigenvalue weighted by Gasteiger charge is 2.31. The maximum absolute atomic E-state index is 12.2. The van der Waals surface area contributed by atoms with Crippen LogP contribution < -0.4 is 10.6 Å². The molecule has 1 fully saturated rings. The number of rotatable bonds is 6. The summed E-state index contributed by atoms with van der Waals surface area (Å²) in [5.41, 5.74) is 0. The van der Waals surface area contributed by atoms with E-state index in [4.69, 9.17) is 0 Å². The Hall–Kier alpha value is -1.10. The van der Waals surface area contributed by atoms with Crippen LogP contribution in [-0.2, 0) is 9.59 Å². The van der Waals surface area contributed by atoms with Gasteiger partial charge >= 0.3 is 0 Å². The van der Waals surface area contributed by atoms with Gasteiger partial charge in [-0.1, -0.05) is 6.92 Å². The molecular formula is C12H23N3O2. The SMILES string of the molecule is CCNC(=O)CN(CC)C(=O)C(C)C1CNC1. The minimum absolute atomic E-state index is 0.00521. The first-order chi connectivity index (χ1) is 8.10. The van der Waals surface area contributed by atoms with Crippen LogP contribution in [0.3, 0.4) is 0 Å². The molecule has 1 rings (SSSR count). The predicted molar refractivity (Wildman–Crippen MR) is 66.5 cm³/mol. The van der Waals surface area contributed by atoms with Crippen LogP contribution in [0.2, 0.25) is 0 Å². The Bertz CT molecular complexity index is 277. The van der Waals surface area contributed by atoms with E-state index in [0.717, 1.165) is 13.1 Å². The van der Waals surface area contributed by atoms with Gasteiger partial charge in [0.2, 0.25) is 11.8 Å². The molecule has 0 bridgehead atoms. The molecule has 98 valence electrons. The maximum atomic E-state index is 12.2. The highest BCUT2D eigenvalue weighted by Crippen LogP contribution is 2.18. The molecular weight excluding hydrogens is 218 g/mol. The van der Waals surface area contributed by atoms with Crippen molar-refractivity contribution < 1.29 is 9.59 Å². The molecule has 5 nitrogen and oxygen atoms in total. The Morgan fingerprint density at radius 2 is 2.06 bits per heavy atom. The summed E-state index contributed by atoms with van der Waals surface area (Å²) in [7, 11) is 0. The molecule has 0 aromatic carbocycles. The van der Waals surface area contributed by atoms with Gasteiger partial charge in [-0.25, -0.2) is 0 Å². The summed E-state index contributed by atoms with van der Waals surface area (Å²) >= 11 is 0. The van der Waals surface area contributed by atoms with Gasteiger partial charge in [-0.2, -0.15) is 0 Å². The summed E-state index contributed by atoms with van der Waals surface area (Å²) in [6, 6.07) is 0. The summed E-state index contributed by atoms with van der Waals surface area (Å²) in [6.07, 6.45) is 0. The fourth-order valence-corrected chi connectivity index (χ4v) is 1.93. The lowest BCUT2D eigenvalue weighted by Gasteiger charge is -2.34. The van der Waals surface area contributed by atoms with Crippen LogP contribution in [0.5, 0.6) is 0 Å². The number of likely N-dealkylation sites (N-methyl/N-ethyl adjacent to an activating group) is 2. The topological polar surface area (TPSA) is 61.4 Å². The van der Waals surface area contributed by atoms with Gasteiger partial charge in [-0.15, -0.1) is 0 Å². The Balaban J connectivity index is 2.47. The van der Waals surface area contributed by atoms with Crippen molar-refractivity contribution in [2.75, 3.05) is 32.7 Å². The lowest BCUT2D eigenvalue weighted by atomic mass is 9.88. The zero-order valence-corrected chi connectivity index (χ0v) is 11.0. The maximum Gasteiger partial charge on any atom is 0.239 e. The van der Waals surface area contributed by atoms with Gasteiger partial charge in [-0.05, 0) is 32.9 Å². The first kappa shape index (κ1) is 14.0. The molecule has 0 aromatic rings. The monoisotopic (exact) mass is 241 g/mol. The second-order valence-electron chi connectivity index (χ2n) is 4.51. The van der Waals surface area contributed by atoms with E-state index in [2.05, 4.69) is 10.6 Å². The molecule has 17 heavy (non-hydrogen) atoms. The molecule has 2 N–H and O–H groups in total. The summed E-state index contributed by atoms with van der Waals surface area (Å²) in [5.74, 6) is 0.434. The lowest BCUT2D eigenvalue weighted by molar-refractivity contribution is -0.140. The van der Waals surface area contributed by atoms with E-state index < -0.39 is 0 Å². The van der Waals surface area contributed by atoms with Crippen LogP contribution in [0.4, 0.5) is 0 Å². The minimum Gasteiger partial charge on any atom is -0.355 e. The van der Waals surface area contributed by atoms with E-state index in [-0.39, 0.29) is 24.3 Å². The predicted octanol–water partition coefficient (Wildman–Crippen LogP) is -0.173. The van der Waals surface area contributed by atoms with Crippen LogP contribution >= 0.6 is 0 Å². The van der Waals surface area contributed by atoms with Crippen LogP contribution in [0.15, 0.2) is 0 Å². The van der Waals surface area contributed by atoms with Gasteiger partial charge in [-0.3, -0.25) is 9.59 Å². The number of carbonyl (C=O) groups excluding carboxylic acids is 2. The van der Waals surface area contributed by atoms with Crippen molar-refractivity contribution >= 4 is 11.8 Å². The van der Waals surface area contributed by atoms with Crippen LogP contribution in [0.1, 0.15) is 20.8 Å². The first-order valence-electron chi connectivity index (χ1n) is 6.36. The van der Waals surface area contributed by atoms with Crippen molar-refractivity contribution in [1.82, 2.24) is 15.5 Å². The fraction of sp³-hybridized carbons (Fsp3) is 0.833. The van der Waals surface area contributed by atoms with Gasteiger partial charge in [0.25, 0.3) is 0 Å². The molecule has 0 aliphatic carbocycles. The Labute approximate surface area is 103 Å². The van der Waals surface area contributed by atoms with Gasteiger partial charge in [0, 0.05) is 19.0 Å². The molecule has 2 amide bonds. The quantitative estimate of drug-likeness (QED) is 0.678. The Morgan fingerprint density at radius 3 is 2.47 bits per heavy atom. The van der Waals surface area contributed by atoms with E-state index in [1.54, 1.807) is 4.90 Å². The number of amides is 2. The molecule has 0 aromatic heterocycles. The van der Waals surface area contributed by atoms with Crippen molar-refractivity contribution in [2.45, 2.75) is 20.8 Å².